The Morgan fingerprint density at radius 3 is 2.58 bits per heavy atom. The first kappa shape index (κ1) is 26.6. The monoisotopic (exact) mass is 559 g/mol. The molecule has 2 amide bonds. The third-order valence-electron chi connectivity index (χ3n) is 6.81. The number of carbonyl (C=O) groups excluding carboxylic acids is 2. The van der Waals surface area contributed by atoms with Crippen molar-refractivity contribution < 1.29 is 37.1 Å². The number of fused-ring (bicyclic) bond motifs is 1. The van der Waals surface area contributed by atoms with Crippen LogP contribution in [0.3, 0.4) is 0 Å². The fourth-order valence-corrected chi connectivity index (χ4v) is 4.64. The van der Waals surface area contributed by atoms with Crippen molar-refractivity contribution in [2.75, 3.05) is 22.2 Å². The summed E-state index contributed by atoms with van der Waals surface area (Å²) in [5, 5.41) is 17.4. The maximum absolute atomic E-state index is 13.3. The number of aromatic carboxylic acids is 1. The second-order valence-electron chi connectivity index (χ2n) is 9.29. The molecule has 6 N–H and O–H groups in total. The lowest BCUT2D eigenvalue weighted by atomic mass is 10.0. The van der Waals surface area contributed by atoms with Crippen LogP contribution in [0.5, 0.6) is 0 Å². The zero-order chi connectivity index (χ0) is 28.8. The number of hydrogen-bond acceptors (Lipinski definition) is 8. The summed E-state index contributed by atoms with van der Waals surface area (Å²) in [6.07, 6.45) is -2.24. The number of carbonyl (C=O) groups is 3. The quantitative estimate of drug-likeness (QED) is 0.206. The van der Waals surface area contributed by atoms with Crippen molar-refractivity contribution in [1.29, 1.82) is 0 Å². The van der Waals surface area contributed by atoms with Gasteiger partial charge in [0, 0.05) is 6.20 Å². The summed E-state index contributed by atoms with van der Waals surface area (Å²) in [4.78, 5) is 46.7. The molecule has 1 saturated carbocycles. The lowest BCUT2D eigenvalue weighted by Crippen LogP contribution is -2.46. The maximum atomic E-state index is 13.3. The number of amides is 2. The molecule has 2 aliphatic rings. The van der Waals surface area contributed by atoms with E-state index in [9.17, 15) is 37.1 Å². The van der Waals surface area contributed by atoms with Crippen molar-refractivity contribution in [3.8, 4) is 0 Å². The summed E-state index contributed by atoms with van der Waals surface area (Å²) in [5.74, 6) is -3.29. The van der Waals surface area contributed by atoms with E-state index in [1.807, 2.05) is 0 Å². The van der Waals surface area contributed by atoms with Crippen LogP contribution in [-0.4, -0.2) is 45.6 Å². The number of benzene rings is 1. The Hall–Kier alpha value is -4.95. The van der Waals surface area contributed by atoms with Crippen LogP contribution in [0.15, 0.2) is 48.8 Å². The number of alkyl halides is 3. The fourth-order valence-electron chi connectivity index (χ4n) is 4.64. The molecular weight excluding hydrogens is 538 g/mol. The first-order chi connectivity index (χ1) is 18.9. The van der Waals surface area contributed by atoms with E-state index in [0.717, 1.165) is 12.1 Å². The van der Waals surface area contributed by atoms with Crippen LogP contribution in [0.2, 0.25) is 0 Å². The average molecular weight is 559 g/mol. The zero-order valence-corrected chi connectivity index (χ0v) is 20.4. The summed E-state index contributed by atoms with van der Waals surface area (Å²) < 4.78 is 53.1. The number of nitrogens with two attached hydrogens (primary N) is 1. The van der Waals surface area contributed by atoms with Crippen molar-refractivity contribution in [3.05, 3.63) is 71.4 Å². The van der Waals surface area contributed by atoms with E-state index in [4.69, 9.17) is 5.73 Å². The zero-order valence-electron chi connectivity index (χ0n) is 20.4. The summed E-state index contributed by atoms with van der Waals surface area (Å²) in [7, 11) is 0. The van der Waals surface area contributed by atoms with Crippen molar-refractivity contribution >= 4 is 40.7 Å². The minimum Gasteiger partial charge on any atom is -0.478 e. The Bertz CT molecular complexity index is 1520. The normalized spacial score (nSPS) is 19.4. The molecule has 3 heterocycles. The molecule has 1 aromatic carbocycles. The molecule has 2 unspecified atom stereocenters. The van der Waals surface area contributed by atoms with E-state index in [1.165, 1.54) is 30.6 Å². The third kappa shape index (κ3) is 4.81. The summed E-state index contributed by atoms with van der Waals surface area (Å²) in [6, 6.07) is 5.90. The minimum absolute atomic E-state index is 0.0553. The Kier molecular flexibility index (Phi) is 6.44. The second kappa shape index (κ2) is 9.66. The van der Waals surface area contributed by atoms with Crippen molar-refractivity contribution in [2.45, 2.75) is 25.2 Å². The molecule has 0 radical (unpaired) electrons. The molecule has 11 nitrogen and oxygen atoms in total. The summed E-state index contributed by atoms with van der Waals surface area (Å²) >= 11 is 0. The lowest BCUT2D eigenvalue weighted by Gasteiger charge is -2.22. The molecule has 0 bridgehead atoms. The number of hydrogen-bond donors (Lipinski definition) is 5. The number of primary amides is 1. The smallest absolute Gasteiger partial charge is 0.418 e. The van der Waals surface area contributed by atoms with Crippen molar-refractivity contribution in [1.82, 2.24) is 15.3 Å². The summed E-state index contributed by atoms with van der Waals surface area (Å²) in [5.41, 5.74) is 3.43. The highest BCUT2D eigenvalue weighted by Crippen LogP contribution is 2.53. The largest absolute Gasteiger partial charge is 0.478 e. The molecule has 40 heavy (non-hydrogen) atoms. The van der Waals surface area contributed by atoms with E-state index >= 15 is 0 Å². The van der Waals surface area contributed by atoms with Gasteiger partial charge >= 0.3 is 12.1 Å². The van der Waals surface area contributed by atoms with Crippen LogP contribution in [0, 0.1) is 11.2 Å². The van der Waals surface area contributed by atoms with E-state index in [0.29, 0.717) is 23.3 Å². The molecule has 5 rings (SSSR count). The van der Waals surface area contributed by atoms with Gasteiger partial charge in [-0.2, -0.15) is 13.2 Å². The molecule has 2 atom stereocenters. The van der Waals surface area contributed by atoms with Crippen molar-refractivity contribution in [2.24, 2.45) is 11.1 Å². The molecule has 15 heteroatoms. The van der Waals surface area contributed by atoms with E-state index in [2.05, 4.69) is 25.9 Å². The lowest BCUT2D eigenvalue weighted by molar-refractivity contribution is -0.137. The van der Waals surface area contributed by atoms with Gasteiger partial charge in [0.2, 0.25) is 11.8 Å². The third-order valence-corrected chi connectivity index (χ3v) is 6.81. The molecule has 1 fully saturated rings. The summed E-state index contributed by atoms with van der Waals surface area (Å²) in [6.45, 7) is 0.0866. The molecular formula is C25H21F4N7O4. The highest BCUT2D eigenvalue weighted by atomic mass is 19.4. The number of halogens is 4. The Labute approximate surface area is 223 Å². The molecule has 2 aromatic heterocycles. The van der Waals surface area contributed by atoms with Gasteiger partial charge < -0.3 is 31.7 Å². The molecule has 1 aliphatic carbocycles. The van der Waals surface area contributed by atoms with Crippen LogP contribution in [0.1, 0.15) is 28.0 Å². The molecule has 208 valence electrons. The van der Waals surface area contributed by atoms with Crippen LogP contribution < -0.4 is 26.6 Å². The predicted molar refractivity (Wildman–Crippen MR) is 133 cm³/mol. The second-order valence-corrected chi connectivity index (χ2v) is 9.29. The molecule has 0 spiro atoms. The topological polar surface area (TPSA) is 163 Å². The van der Waals surface area contributed by atoms with Crippen LogP contribution in [-0.2, 0) is 22.3 Å². The Morgan fingerprint density at radius 2 is 1.93 bits per heavy atom. The standard InChI is InChI=1S/C25H21F4N7O4/c26-13-1-4-17(16(6-13)25(27,28)29)35-15-3-2-14(31-10-15)9-33-23(40)24(22(30)39)7-19(24)36-11-34-20-18(36)5-12(8-32-20)21(37)38/h1-6,8,10,19,35H,7,9,11H2,(H2,30,39)(H,32,34)(H,33,40)(H,37,38). The van der Waals surface area contributed by atoms with E-state index in [1.54, 1.807) is 4.90 Å². The molecule has 0 saturated heterocycles. The first-order valence-electron chi connectivity index (χ1n) is 11.8. The van der Waals surface area contributed by atoms with Crippen LogP contribution >= 0.6 is 0 Å². The number of aromatic nitrogens is 2. The number of carboxylic acids is 1. The Morgan fingerprint density at radius 1 is 1.15 bits per heavy atom. The van der Waals surface area contributed by atoms with Gasteiger partial charge in [-0.1, -0.05) is 0 Å². The van der Waals surface area contributed by atoms with E-state index in [-0.39, 0.29) is 36.6 Å². The fraction of sp³-hybridized carbons (Fsp3) is 0.240. The van der Waals surface area contributed by atoms with Gasteiger partial charge in [0.1, 0.15) is 11.2 Å². The predicted octanol–water partition coefficient (Wildman–Crippen LogP) is 2.83. The number of rotatable bonds is 8. The first-order valence-corrected chi connectivity index (χ1v) is 11.8. The van der Waals surface area contributed by atoms with Gasteiger partial charge in [0.25, 0.3) is 0 Å². The Balaban J connectivity index is 1.25. The van der Waals surface area contributed by atoms with Crippen molar-refractivity contribution in [3.63, 3.8) is 0 Å². The molecule has 3 aromatic rings. The van der Waals surface area contributed by atoms with Crippen LogP contribution in [0.4, 0.5) is 40.4 Å². The van der Waals surface area contributed by atoms with Gasteiger partial charge in [-0.3, -0.25) is 14.6 Å². The number of nitrogens with one attached hydrogen (secondary N) is 3. The SMILES string of the molecule is NC(=O)C1(C(=O)NCc2ccc(Nc3ccc(F)cc3C(F)(F)F)cn2)CC1N1CNc2ncc(C(=O)O)cc21. The van der Waals surface area contributed by atoms with Gasteiger partial charge in [-0.25, -0.2) is 14.2 Å². The van der Waals surface area contributed by atoms with Gasteiger partial charge in [-0.15, -0.1) is 0 Å². The number of nitrogens with zero attached hydrogens (tertiary/aromatic N) is 3. The molecule has 1 aliphatic heterocycles. The van der Waals surface area contributed by atoms with E-state index < -0.39 is 46.8 Å². The van der Waals surface area contributed by atoms with Gasteiger partial charge in [0.05, 0.1) is 59.3 Å². The minimum atomic E-state index is -4.78. The highest BCUT2D eigenvalue weighted by Gasteiger charge is 2.68. The maximum Gasteiger partial charge on any atom is 0.418 e. The average Bonchev–Trinajstić information content (AvgIpc) is 3.53. The van der Waals surface area contributed by atoms with Crippen LogP contribution in [0.25, 0.3) is 0 Å². The van der Waals surface area contributed by atoms with Gasteiger partial charge in [-0.05, 0) is 42.8 Å². The number of pyridine rings is 2. The number of carboxylic acid groups (broad SMARTS) is 1. The van der Waals surface area contributed by atoms with Gasteiger partial charge in [0.15, 0.2) is 5.82 Å². The number of anilines is 4. The highest BCUT2D eigenvalue weighted by molar-refractivity contribution is 6.09.